The first kappa shape index (κ1) is 20.9. The van der Waals surface area contributed by atoms with Gasteiger partial charge in [-0.1, -0.05) is 41.0 Å². The predicted octanol–water partition coefficient (Wildman–Crippen LogP) is 5.45. The summed E-state index contributed by atoms with van der Waals surface area (Å²) in [6, 6.07) is 0. The number of hydrogen-bond donors (Lipinski definition) is 1. The predicted molar refractivity (Wildman–Crippen MR) is 108 cm³/mol. The van der Waals surface area contributed by atoms with E-state index in [4.69, 9.17) is 4.74 Å². The molecule has 0 bridgehead atoms. The van der Waals surface area contributed by atoms with E-state index in [1.807, 2.05) is 13.8 Å². The zero-order chi connectivity index (χ0) is 19.5. The van der Waals surface area contributed by atoms with Gasteiger partial charge in [0.25, 0.3) is 0 Å². The van der Waals surface area contributed by atoms with E-state index in [0.29, 0.717) is 23.1 Å². The Balaban J connectivity index is 2.34. The number of carbonyl (C=O) groups excluding carboxylic acids is 2. The van der Waals surface area contributed by atoms with Crippen LogP contribution in [-0.4, -0.2) is 18.5 Å². The highest BCUT2D eigenvalue weighted by molar-refractivity contribution is 7.17. The van der Waals surface area contributed by atoms with Crippen molar-refractivity contribution in [1.82, 2.24) is 0 Å². The van der Waals surface area contributed by atoms with E-state index in [9.17, 15) is 9.59 Å². The summed E-state index contributed by atoms with van der Waals surface area (Å²) < 4.78 is 5.29. The van der Waals surface area contributed by atoms with Crippen molar-refractivity contribution in [2.75, 3.05) is 11.9 Å². The highest BCUT2D eigenvalue weighted by Crippen LogP contribution is 2.44. The van der Waals surface area contributed by atoms with Crippen molar-refractivity contribution in [1.29, 1.82) is 0 Å². The van der Waals surface area contributed by atoms with E-state index in [-0.39, 0.29) is 23.2 Å². The van der Waals surface area contributed by atoms with Crippen LogP contribution < -0.4 is 5.32 Å². The summed E-state index contributed by atoms with van der Waals surface area (Å²) in [5.41, 5.74) is 1.92. The van der Waals surface area contributed by atoms with Gasteiger partial charge in [-0.3, -0.25) is 4.79 Å². The lowest BCUT2D eigenvalue weighted by atomic mass is 9.72. The smallest absolute Gasteiger partial charge is 0.341 e. The molecule has 26 heavy (non-hydrogen) atoms. The van der Waals surface area contributed by atoms with E-state index >= 15 is 0 Å². The summed E-state index contributed by atoms with van der Waals surface area (Å²) >= 11 is 1.57. The molecule has 0 unspecified atom stereocenters. The molecule has 0 fully saturated rings. The van der Waals surface area contributed by atoms with Gasteiger partial charge in [0, 0.05) is 10.8 Å². The van der Waals surface area contributed by atoms with Crippen LogP contribution in [0, 0.1) is 17.3 Å². The summed E-state index contributed by atoms with van der Waals surface area (Å²) in [5, 5.41) is 3.70. The third kappa shape index (κ3) is 4.67. The lowest BCUT2D eigenvalue weighted by molar-refractivity contribution is -0.119. The lowest BCUT2D eigenvalue weighted by Crippen LogP contribution is -2.26. The van der Waals surface area contributed by atoms with Crippen LogP contribution in [0.2, 0.25) is 0 Å². The van der Waals surface area contributed by atoms with Crippen molar-refractivity contribution < 1.29 is 14.3 Å². The molecular weight excluding hydrogens is 346 g/mol. The maximum Gasteiger partial charge on any atom is 0.341 e. The molecule has 0 radical (unpaired) electrons. The van der Waals surface area contributed by atoms with E-state index in [1.165, 1.54) is 4.88 Å². The van der Waals surface area contributed by atoms with Crippen LogP contribution in [-0.2, 0) is 22.4 Å². The van der Waals surface area contributed by atoms with Crippen LogP contribution in [0.3, 0.4) is 0 Å². The molecule has 0 saturated carbocycles. The van der Waals surface area contributed by atoms with Gasteiger partial charge >= 0.3 is 5.97 Å². The zero-order valence-corrected chi connectivity index (χ0v) is 17.8. The Morgan fingerprint density at radius 2 is 2.00 bits per heavy atom. The molecule has 1 N–H and O–H groups in total. The molecule has 0 aromatic carbocycles. The number of esters is 1. The van der Waals surface area contributed by atoms with Crippen molar-refractivity contribution in [2.24, 2.45) is 17.3 Å². The first-order valence-electron chi connectivity index (χ1n) is 9.81. The number of amides is 1. The minimum Gasteiger partial charge on any atom is -0.462 e. The normalized spacial score (nSPS) is 18.2. The lowest BCUT2D eigenvalue weighted by Gasteiger charge is -2.33. The van der Waals surface area contributed by atoms with Crippen molar-refractivity contribution in [2.45, 2.75) is 73.6 Å². The fourth-order valence-electron chi connectivity index (χ4n) is 3.63. The van der Waals surface area contributed by atoms with E-state index < -0.39 is 0 Å². The Bertz CT molecular complexity index is 657. The maximum absolute atomic E-state index is 12.6. The summed E-state index contributed by atoms with van der Waals surface area (Å²) in [4.78, 5) is 26.3. The van der Waals surface area contributed by atoms with Gasteiger partial charge in [-0.15, -0.1) is 11.3 Å². The second-order valence-corrected chi connectivity index (χ2v) is 9.52. The number of carbonyl (C=O) groups is 2. The number of nitrogens with one attached hydrogen (secondary N) is 1. The van der Waals surface area contributed by atoms with E-state index in [2.05, 4.69) is 33.0 Å². The number of hydrogen-bond acceptors (Lipinski definition) is 4. The monoisotopic (exact) mass is 379 g/mol. The van der Waals surface area contributed by atoms with Gasteiger partial charge < -0.3 is 10.1 Å². The van der Waals surface area contributed by atoms with Gasteiger partial charge in [-0.25, -0.2) is 4.79 Å². The summed E-state index contributed by atoms with van der Waals surface area (Å²) in [6.45, 7) is 13.0. The summed E-state index contributed by atoms with van der Waals surface area (Å²) in [7, 11) is 0. The van der Waals surface area contributed by atoms with Gasteiger partial charge in [-0.05, 0) is 49.5 Å². The molecule has 0 saturated heterocycles. The fourth-order valence-corrected chi connectivity index (χ4v) is 4.95. The molecule has 0 aliphatic heterocycles. The summed E-state index contributed by atoms with van der Waals surface area (Å²) in [6.07, 6.45) is 4.73. The van der Waals surface area contributed by atoms with Crippen molar-refractivity contribution in [3.8, 4) is 0 Å². The van der Waals surface area contributed by atoms with E-state index in [1.54, 1.807) is 11.3 Å². The molecule has 1 aromatic heterocycles. The summed E-state index contributed by atoms with van der Waals surface area (Å²) in [5.74, 6) is 0.212. The van der Waals surface area contributed by atoms with Gasteiger partial charge in [-0.2, -0.15) is 0 Å². The van der Waals surface area contributed by atoms with E-state index in [0.717, 1.165) is 37.7 Å². The molecule has 1 heterocycles. The molecule has 2 atom stereocenters. The molecule has 2 rings (SSSR count). The number of fused-ring (bicyclic) bond motifs is 1. The van der Waals surface area contributed by atoms with Gasteiger partial charge in [0.1, 0.15) is 5.00 Å². The molecule has 4 nitrogen and oxygen atoms in total. The maximum atomic E-state index is 12.6. The second kappa shape index (κ2) is 8.55. The van der Waals surface area contributed by atoms with Crippen molar-refractivity contribution in [3.05, 3.63) is 16.0 Å². The van der Waals surface area contributed by atoms with Crippen molar-refractivity contribution >= 4 is 28.2 Å². The van der Waals surface area contributed by atoms with Crippen LogP contribution in [0.25, 0.3) is 0 Å². The van der Waals surface area contributed by atoms with Crippen molar-refractivity contribution in [3.63, 3.8) is 0 Å². The molecule has 1 aliphatic rings. The Morgan fingerprint density at radius 3 is 2.58 bits per heavy atom. The largest absolute Gasteiger partial charge is 0.462 e. The van der Waals surface area contributed by atoms with Crippen LogP contribution in [0.4, 0.5) is 5.00 Å². The third-order valence-electron chi connectivity index (χ3n) is 5.38. The first-order valence-corrected chi connectivity index (χ1v) is 10.6. The van der Waals surface area contributed by atoms with Crippen LogP contribution in [0.5, 0.6) is 0 Å². The molecular formula is C21H33NO3S. The van der Waals surface area contributed by atoms with Gasteiger partial charge in [0.2, 0.25) is 5.91 Å². The molecule has 1 amide bonds. The average Bonchev–Trinajstić information content (AvgIpc) is 2.91. The molecule has 1 aliphatic carbocycles. The minimum absolute atomic E-state index is 0.0108. The SMILES string of the molecule is CCC[C@H](C)C(=O)Nc1sc2c(c1C(=O)OCC)CC[C@@H](C(C)(C)C)C2. The average molecular weight is 380 g/mol. The Kier molecular flexibility index (Phi) is 6.89. The molecule has 146 valence electrons. The first-order chi connectivity index (χ1) is 12.2. The van der Waals surface area contributed by atoms with Gasteiger partial charge in [0.15, 0.2) is 0 Å². The highest BCUT2D eigenvalue weighted by Gasteiger charge is 2.34. The fraction of sp³-hybridized carbons (Fsp3) is 0.714. The van der Waals surface area contributed by atoms with Crippen LogP contribution in [0.1, 0.15) is 81.6 Å². The topological polar surface area (TPSA) is 55.4 Å². The quantitative estimate of drug-likeness (QED) is 0.669. The Labute approximate surface area is 161 Å². The number of thiophene rings is 1. The Hall–Kier alpha value is -1.36. The van der Waals surface area contributed by atoms with Crippen LogP contribution in [0.15, 0.2) is 0 Å². The van der Waals surface area contributed by atoms with Gasteiger partial charge in [0.05, 0.1) is 12.2 Å². The number of ether oxygens (including phenoxy) is 1. The zero-order valence-electron chi connectivity index (χ0n) is 17.0. The molecule has 0 spiro atoms. The highest BCUT2D eigenvalue weighted by atomic mass is 32.1. The number of anilines is 1. The Morgan fingerprint density at radius 1 is 1.31 bits per heavy atom. The minimum atomic E-state index is -0.308. The number of rotatable bonds is 6. The molecule has 5 heteroatoms. The third-order valence-corrected chi connectivity index (χ3v) is 6.55. The standard InChI is InChI=1S/C21H33NO3S/c1-7-9-13(3)18(23)22-19-17(20(24)25-8-2)15-11-10-14(21(4,5)6)12-16(15)26-19/h13-14H,7-12H2,1-6H3,(H,22,23)/t13-,14+/m0/s1. The second-order valence-electron chi connectivity index (χ2n) is 8.41. The molecule has 1 aromatic rings. The van der Waals surface area contributed by atoms with Crippen LogP contribution >= 0.6 is 11.3 Å².